The first kappa shape index (κ1) is 13.3. The van der Waals surface area contributed by atoms with E-state index in [1.165, 1.54) is 0 Å². The molecule has 1 aromatic carbocycles. The molecule has 1 rings (SSSR count). The van der Waals surface area contributed by atoms with Gasteiger partial charge < -0.3 is 16.2 Å². The van der Waals surface area contributed by atoms with Crippen molar-refractivity contribution in [3.05, 3.63) is 28.8 Å². The van der Waals surface area contributed by atoms with Gasteiger partial charge in [0.1, 0.15) is 0 Å². The van der Waals surface area contributed by atoms with Gasteiger partial charge in [-0.1, -0.05) is 17.7 Å². The maximum Gasteiger partial charge on any atom is 0.0928 e. The Bertz CT molecular complexity index is 361. The zero-order valence-electron chi connectivity index (χ0n) is 9.92. The Balaban J connectivity index is 2.70. The summed E-state index contributed by atoms with van der Waals surface area (Å²) in [6.07, 6.45) is -0.618. The van der Waals surface area contributed by atoms with E-state index in [0.717, 1.165) is 0 Å². The second kappa shape index (κ2) is 5.04. The lowest BCUT2D eigenvalue weighted by atomic mass is 10.1. The van der Waals surface area contributed by atoms with Crippen molar-refractivity contribution in [3.63, 3.8) is 0 Å². The van der Waals surface area contributed by atoms with E-state index in [1.807, 2.05) is 20.8 Å². The molecule has 0 heterocycles. The summed E-state index contributed by atoms with van der Waals surface area (Å²) < 4.78 is 0. The average Bonchev–Trinajstić information content (AvgIpc) is 2.13. The highest BCUT2D eigenvalue weighted by Crippen LogP contribution is 2.25. The molecule has 0 aromatic heterocycles. The second-order valence-electron chi connectivity index (χ2n) is 4.93. The third-order valence-electron chi connectivity index (χ3n) is 2.21. The van der Waals surface area contributed by atoms with E-state index in [0.29, 0.717) is 22.8 Å². The van der Waals surface area contributed by atoms with Gasteiger partial charge in [-0.3, -0.25) is 0 Å². The van der Waals surface area contributed by atoms with Crippen molar-refractivity contribution in [2.75, 3.05) is 12.3 Å². The smallest absolute Gasteiger partial charge is 0.0928 e. The van der Waals surface area contributed by atoms with Gasteiger partial charge in [-0.25, -0.2) is 0 Å². The third kappa shape index (κ3) is 4.00. The van der Waals surface area contributed by atoms with Gasteiger partial charge in [-0.05, 0) is 32.9 Å². The summed E-state index contributed by atoms with van der Waals surface area (Å²) in [5, 5.41) is 13.7. The fraction of sp³-hybridized carbons (Fsp3) is 0.500. The number of aliphatic hydroxyl groups excluding tert-OH is 1. The van der Waals surface area contributed by atoms with E-state index >= 15 is 0 Å². The largest absolute Gasteiger partial charge is 0.399 e. The Kier molecular flexibility index (Phi) is 4.19. The number of rotatable bonds is 3. The fourth-order valence-electron chi connectivity index (χ4n) is 1.33. The van der Waals surface area contributed by atoms with Crippen LogP contribution in [0.2, 0.25) is 5.02 Å². The van der Waals surface area contributed by atoms with Crippen molar-refractivity contribution in [2.45, 2.75) is 32.4 Å². The SMILES string of the molecule is CC(C)(C)NCC(O)c1ccc(N)cc1Cl. The maximum atomic E-state index is 9.97. The Morgan fingerprint density at radius 1 is 1.44 bits per heavy atom. The highest BCUT2D eigenvalue weighted by atomic mass is 35.5. The number of benzene rings is 1. The Morgan fingerprint density at radius 3 is 2.56 bits per heavy atom. The fourth-order valence-corrected chi connectivity index (χ4v) is 1.64. The highest BCUT2D eigenvalue weighted by Gasteiger charge is 2.15. The molecule has 90 valence electrons. The molecular weight excluding hydrogens is 224 g/mol. The molecule has 0 saturated heterocycles. The minimum Gasteiger partial charge on any atom is -0.399 e. The third-order valence-corrected chi connectivity index (χ3v) is 2.54. The van der Waals surface area contributed by atoms with Gasteiger partial charge >= 0.3 is 0 Å². The number of hydrogen-bond donors (Lipinski definition) is 3. The topological polar surface area (TPSA) is 58.3 Å². The molecule has 3 nitrogen and oxygen atoms in total. The van der Waals surface area contributed by atoms with Crippen LogP contribution in [0.5, 0.6) is 0 Å². The number of hydrogen-bond acceptors (Lipinski definition) is 3. The van der Waals surface area contributed by atoms with E-state index in [4.69, 9.17) is 17.3 Å². The predicted molar refractivity (Wildman–Crippen MR) is 68.6 cm³/mol. The minimum atomic E-state index is -0.618. The first-order chi connectivity index (χ1) is 7.29. The monoisotopic (exact) mass is 242 g/mol. The van der Waals surface area contributed by atoms with Crippen LogP contribution in [0.25, 0.3) is 0 Å². The Labute approximate surface area is 102 Å². The zero-order valence-corrected chi connectivity index (χ0v) is 10.7. The molecule has 0 amide bonds. The van der Waals surface area contributed by atoms with E-state index in [9.17, 15) is 5.11 Å². The van der Waals surface area contributed by atoms with Gasteiger partial charge in [0.2, 0.25) is 0 Å². The summed E-state index contributed by atoms with van der Waals surface area (Å²) in [7, 11) is 0. The van der Waals surface area contributed by atoms with E-state index in [-0.39, 0.29) is 5.54 Å². The predicted octanol–water partition coefficient (Wildman–Crippen LogP) is 2.34. The molecule has 1 unspecified atom stereocenters. The average molecular weight is 243 g/mol. The molecule has 0 aliphatic carbocycles. The molecule has 1 aromatic rings. The van der Waals surface area contributed by atoms with E-state index in [1.54, 1.807) is 18.2 Å². The first-order valence-electron chi connectivity index (χ1n) is 5.27. The van der Waals surface area contributed by atoms with E-state index in [2.05, 4.69) is 5.32 Å². The maximum absolute atomic E-state index is 9.97. The van der Waals surface area contributed by atoms with Crippen LogP contribution < -0.4 is 11.1 Å². The lowest BCUT2D eigenvalue weighted by molar-refractivity contribution is 0.163. The highest BCUT2D eigenvalue weighted by molar-refractivity contribution is 6.31. The molecule has 0 aliphatic heterocycles. The molecule has 0 spiro atoms. The number of anilines is 1. The number of aliphatic hydroxyl groups is 1. The summed E-state index contributed by atoms with van der Waals surface area (Å²) in [6.45, 7) is 6.60. The molecule has 0 saturated carbocycles. The zero-order chi connectivity index (χ0) is 12.3. The number of β-amino-alcohol motifs (C(OH)–C–C–N with tert-alkyl or cyclic N) is 1. The molecule has 0 fully saturated rings. The van der Waals surface area contributed by atoms with Crippen molar-refractivity contribution >= 4 is 17.3 Å². The van der Waals surface area contributed by atoms with Gasteiger partial charge in [-0.2, -0.15) is 0 Å². The molecule has 0 aliphatic rings. The number of nitrogens with one attached hydrogen (secondary N) is 1. The van der Waals surface area contributed by atoms with Crippen LogP contribution in [-0.4, -0.2) is 17.2 Å². The summed E-state index contributed by atoms with van der Waals surface area (Å²) in [6, 6.07) is 5.14. The van der Waals surface area contributed by atoms with Crippen LogP contribution in [0.4, 0.5) is 5.69 Å². The lowest BCUT2D eigenvalue weighted by Crippen LogP contribution is -2.38. The Morgan fingerprint density at radius 2 is 2.06 bits per heavy atom. The second-order valence-corrected chi connectivity index (χ2v) is 5.33. The first-order valence-corrected chi connectivity index (χ1v) is 5.65. The van der Waals surface area contributed by atoms with Crippen molar-refractivity contribution in [3.8, 4) is 0 Å². The quantitative estimate of drug-likeness (QED) is 0.713. The van der Waals surface area contributed by atoms with Gasteiger partial charge in [0.05, 0.1) is 6.10 Å². The van der Waals surface area contributed by atoms with E-state index < -0.39 is 6.10 Å². The van der Waals surface area contributed by atoms with Crippen LogP contribution >= 0.6 is 11.6 Å². The van der Waals surface area contributed by atoms with Crippen LogP contribution in [-0.2, 0) is 0 Å². The van der Waals surface area contributed by atoms with Gasteiger partial charge in [-0.15, -0.1) is 0 Å². The number of nitrogen functional groups attached to an aromatic ring is 1. The molecule has 16 heavy (non-hydrogen) atoms. The molecule has 0 bridgehead atoms. The van der Waals surface area contributed by atoms with Crippen LogP contribution in [0, 0.1) is 0 Å². The molecule has 0 radical (unpaired) electrons. The van der Waals surface area contributed by atoms with Crippen molar-refractivity contribution in [1.82, 2.24) is 5.32 Å². The number of nitrogens with two attached hydrogens (primary N) is 1. The molecule has 1 atom stereocenters. The minimum absolute atomic E-state index is 0.0265. The molecular formula is C12H19ClN2O. The van der Waals surface area contributed by atoms with Gasteiger partial charge in [0.15, 0.2) is 0 Å². The van der Waals surface area contributed by atoms with Crippen LogP contribution in [0.3, 0.4) is 0 Å². The summed E-state index contributed by atoms with van der Waals surface area (Å²) in [4.78, 5) is 0. The van der Waals surface area contributed by atoms with Gasteiger partial charge in [0, 0.05) is 28.4 Å². The van der Waals surface area contributed by atoms with Crippen molar-refractivity contribution < 1.29 is 5.11 Å². The molecule has 4 heteroatoms. The normalized spacial score (nSPS) is 13.8. The summed E-state index contributed by atoms with van der Waals surface area (Å²) >= 11 is 6.01. The lowest BCUT2D eigenvalue weighted by Gasteiger charge is -2.23. The molecule has 4 N–H and O–H groups in total. The Hall–Kier alpha value is -0.770. The van der Waals surface area contributed by atoms with Crippen LogP contribution in [0.1, 0.15) is 32.4 Å². The summed E-state index contributed by atoms with van der Waals surface area (Å²) in [5.74, 6) is 0. The standard InChI is InChI=1S/C12H19ClN2O/c1-12(2,3)15-7-11(16)9-5-4-8(14)6-10(9)13/h4-6,11,15-16H,7,14H2,1-3H3. The summed E-state index contributed by atoms with van der Waals surface area (Å²) in [5.41, 5.74) is 6.87. The van der Waals surface area contributed by atoms with Crippen molar-refractivity contribution in [2.24, 2.45) is 0 Å². The van der Waals surface area contributed by atoms with Gasteiger partial charge in [0.25, 0.3) is 0 Å². The van der Waals surface area contributed by atoms with Crippen LogP contribution in [0.15, 0.2) is 18.2 Å². The number of halogens is 1. The van der Waals surface area contributed by atoms with Crippen molar-refractivity contribution in [1.29, 1.82) is 0 Å².